The van der Waals surface area contributed by atoms with Crippen molar-refractivity contribution in [3.63, 3.8) is 0 Å². The predicted octanol–water partition coefficient (Wildman–Crippen LogP) is 0.436. The first kappa shape index (κ1) is 10.9. The first-order chi connectivity index (χ1) is 6.58. The maximum atomic E-state index is 10.6. The van der Waals surface area contributed by atoms with E-state index in [1.54, 1.807) is 24.3 Å². The Labute approximate surface area is 84.4 Å². The van der Waals surface area contributed by atoms with Gasteiger partial charge in [-0.3, -0.25) is 4.79 Å². The molecule has 3 N–H and O–H groups in total. The van der Waals surface area contributed by atoms with Gasteiger partial charge in [0.2, 0.25) is 5.91 Å². The summed E-state index contributed by atoms with van der Waals surface area (Å²) in [5, 5.41) is 0. The molecule has 1 rings (SSSR count). The monoisotopic (exact) mass is 213 g/mol. The Bertz CT molecular complexity index is 313. The molecule has 1 unspecified atom stereocenters. The molecule has 0 aliphatic rings. The lowest BCUT2D eigenvalue weighted by molar-refractivity contribution is -0.117. The second-order valence-corrected chi connectivity index (χ2v) is 3.86. The van der Waals surface area contributed by atoms with Crippen LogP contribution in [0, 0.1) is 0 Å². The third-order valence-corrected chi connectivity index (χ3v) is 2.27. The van der Waals surface area contributed by atoms with Gasteiger partial charge in [0, 0.05) is 0 Å². The van der Waals surface area contributed by atoms with Gasteiger partial charge in [-0.05, 0) is 11.1 Å². The molecule has 1 atom stereocenters. The molecule has 0 bridgehead atoms. The molecule has 0 saturated heterocycles. The highest BCUT2D eigenvalue weighted by Gasteiger charge is 2.00. The predicted molar refractivity (Wildman–Crippen MR) is 53.8 cm³/mol. The number of carbonyl (C=O) groups is 1. The molecule has 1 aromatic rings. The molecule has 0 saturated carbocycles. The van der Waals surface area contributed by atoms with E-state index in [9.17, 15) is 9.00 Å². The van der Waals surface area contributed by atoms with Crippen LogP contribution in [0.5, 0.6) is 0 Å². The van der Waals surface area contributed by atoms with Crippen molar-refractivity contribution in [2.45, 2.75) is 12.2 Å². The zero-order valence-corrected chi connectivity index (χ0v) is 8.29. The smallest absolute Gasteiger partial charge is 0.221 e. The summed E-state index contributed by atoms with van der Waals surface area (Å²) >= 11 is -1.83. The Morgan fingerprint density at radius 3 is 2.21 bits per heavy atom. The van der Waals surface area contributed by atoms with Crippen LogP contribution in [0.1, 0.15) is 11.1 Å². The van der Waals surface area contributed by atoms with Gasteiger partial charge in [0.1, 0.15) is 0 Å². The zero-order chi connectivity index (χ0) is 10.6. The van der Waals surface area contributed by atoms with Crippen LogP contribution in [0.2, 0.25) is 0 Å². The van der Waals surface area contributed by atoms with E-state index in [4.69, 9.17) is 10.3 Å². The van der Waals surface area contributed by atoms with E-state index in [1.807, 2.05) is 0 Å². The first-order valence-electron chi connectivity index (χ1n) is 4.01. The van der Waals surface area contributed by atoms with Gasteiger partial charge in [-0.15, -0.1) is 0 Å². The average Bonchev–Trinajstić information content (AvgIpc) is 2.06. The molecule has 0 fully saturated rings. The minimum atomic E-state index is -1.83. The summed E-state index contributed by atoms with van der Waals surface area (Å²) in [5.41, 5.74) is 6.59. The summed E-state index contributed by atoms with van der Waals surface area (Å²) in [5.74, 6) is -0.278. The van der Waals surface area contributed by atoms with Gasteiger partial charge < -0.3 is 10.3 Å². The molecule has 1 aromatic carbocycles. The summed E-state index contributed by atoms with van der Waals surface area (Å²) < 4.78 is 19.1. The Morgan fingerprint density at radius 2 is 1.79 bits per heavy atom. The van der Waals surface area contributed by atoms with E-state index in [-0.39, 0.29) is 18.1 Å². The van der Waals surface area contributed by atoms with Crippen LogP contribution in [-0.4, -0.2) is 14.7 Å². The molecule has 0 aromatic heterocycles. The molecule has 0 spiro atoms. The summed E-state index contributed by atoms with van der Waals surface area (Å²) in [4.78, 5) is 10.6. The first-order valence-corrected chi connectivity index (χ1v) is 5.29. The Kier molecular flexibility index (Phi) is 3.79. The largest absolute Gasteiger partial charge is 0.369 e. The lowest BCUT2D eigenvalue weighted by atomic mass is 10.1. The van der Waals surface area contributed by atoms with Crippen molar-refractivity contribution >= 4 is 17.0 Å². The SMILES string of the molecule is NC(=O)Cc1ccc(CS(=O)O)cc1. The van der Waals surface area contributed by atoms with Crippen LogP contribution in [0.15, 0.2) is 24.3 Å². The van der Waals surface area contributed by atoms with Crippen molar-refractivity contribution in [1.29, 1.82) is 0 Å². The second-order valence-electron chi connectivity index (χ2n) is 2.93. The molecule has 1 amide bonds. The molecule has 0 heterocycles. The number of nitrogens with two attached hydrogens (primary N) is 1. The van der Waals surface area contributed by atoms with Crippen LogP contribution in [-0.2, 0) is 28.0 Å². The standard InChI is InChI=1S/C9H11NO3S/c10-9(11)5-7-1-3-8(4-2-7)6-14(12)13/h1-4H,5-6H2,(H2,10,11)(H,12,13). The Balaban J connectivity index is 2.68. The normalized spacial score (nSPS) is 12.4. The van der Waals surface area contributed by atoms with Gasteiger partial charge in [-0.1, -0.05) is 24.3 Å². The van der Waals surface area contributed by atoms with Crippen LogP contribution in [0.4, 0.5) is 0 Å². The average molecular weight is 213 g/mol. The van der Waals surface area contributed by atoms with Crippen molar-refractivity contribution < 1.29 is 13.6 Å². The van der Waals surface area contributed by atoms with E-state index in [2.05, 4.69) is 0 Å². The van der Waals surface area contributed by atoms with E-state index in [0.717, 1.165) is 11.1 Å². The fraction of sp³-hybridized carbons (Fsp3) is 0.222. The van der Waals surface area contributed by atoms with Gasteiger partial charge >= 0.3 is 0 Å². The number of benzene rings is 1. The van der Waals surface area contributed by atoms with Gasteiger partial charge in [0.05, 0.1) is 12.2 Å². The molecule has 14 heavy (non-hydrogen) atoms. The molecular weight excluding hydrogens is 202 g/mol. The highest BCUT2D eigenvalue weighted by Crippen LogP contribution is 2.06. The number of amides is 1. The molecule has 0 aliphatic heterocycles. The zero-order valence-electron chi connectivity index (χ0n) is 7.47. The molecule has 5 heteroatoms. The number of primary amides is 1. The molecule has 4 nitrogen and oxygen atoms in total. The van der Waals surface area contributed by atoms with Crippen molar-refractivity contribution in [2.75, 3.05) is 0 Å². The highest BCUT2D eigenvalue weighted by atomic mass is 32.2. The fourth-order valence-corrected chi connectivity index (χ4v) is 1.57. The van der Waals surface area contributed by atoms with E-state index in [0.29, 0.717) is 0 Å². The van der Waals surface area contributed by atoms with Gasteiger partial charge in [0.15, 0.2) is 11.1 Å². The van der Waals surface area contributed by atoms with Crippen molar-refractivity contribution in [2.24, 2.45) is 5.73 Å². The number of hydrogen-bond donors (Lipinski definition) is 2. The van der Waals surface area contributed by atoms with Crippen molar-refractivity contribution in [3.05, 3.63) is 35.4 Å². The van der Waals surface area contributed by atoms with Crippen LogP contribution < -0.4 is 5.73 Å². The van der Waals surface area contributed by atoms with E-state index >= 15 is 0 Å². The lowest BCUT2D eigenvalue weighted by Crippen LogP contribution is -2.13. The maximum Gasteiger partial charge on any atom is 0.221 e. The topological polar surface area (TPSA) is 80.4 Å². The Morgan fingerprint density at radius 1 is 1.29 bits per heavy atom. The summed E-state index contributed by atoms with van der Waals surface area (Å²) in [6.07, 6.45) is 0.197. The summed E-state index contributed by atoms with van der Waals surface area (Å²) in [7, 11) is 0. The van der Waals surface area contributed by atoms with Crippen molar-refractivity contribution in [3.8, 4) is 0 Å². The van der Waals surface area contributed by atoms with E-state index < -0.39 is 11.1 Å². The molecular formula is C9H11NO3S. The number of hydrogen-bond acceptors (Lipinski definition) is 2. The quantitative estimate of drug-likeness (QED) is 0.712. The maximum absolute atomic E-state index is 10.6. The van der Waals surface area contributed by atoms with Gasteiger partial charge in [-0.2, -0.15) is 0 Å². The number of rotatable bonds is 4. The summed E-state index contributed by atoms with van der Waals surface area (Å²) in [6.45, 7) is 0. The van der Waals surface area contributed by atoms with Crippen LogP contribution in [0.25, 0.3) is 0 Å². The highest BCUT2D eigenvalue weighted by molar-refractivity contribution is 7.78. The van der Waals surface area contributed by atoms with Crippen molar-refractivity contribution in [1.82, 2.24) is 0 Å². The van der Waals surface area contributed by atoms with Gasteiger partial charge in [0.25, 0.3) is 0 Å². The van der Waals surface area contributed by atoms with Crippen LogP contribution >= 0.6 is 0 Å². The minimum absolute atomic E-state index is 0.108. The minimum Gasteiger partial charge on any atom is -0.369 e. The van der Waals surface area contributed by atoms with Crippen LogP contribution in [0.3, 0.4) is 0 Å². The van der Waals surface area contributed by atoms with Gasteiger partial charge in [-0.25, -0.2) is 4.21 Å². The lowest BCUT2D eigenvalue weighted by Gasteiger charge is -2.00. The Hall–Kier alpha value is -1.20. The molecule has 0 aliphatic carbocycles. The van der Waals surface area contributed by atoms with E-state index in [1.165, 1.54) is 0 Å². The molecule has 76 valence electrons. The molecule has 0 radical (unpaired) electrons. The summed E-state index contributed by atoms with van der Waals surface area (Å²) in [6, 6.07) is 6.89. The third kappa shape index (κ3) is 3.68. The number of carbonyl (C=O) groups excluding carboxylic acids is 1. The second kappa shape index (κ2) is 4.88. The fourth-order valence-electron chi connectivity index (χ4n) is 1.10. The third-order valence-electron chi connectivity index (χ3n) is 1.69.